The van der Waals surface area contributed by atoms with Crippen molar-refractivity contribution in [1.82, 2.24) is 0 Å². The third kappa shape index (κ3) is 57.6. The maximum Gasteiger partial charge on any atom is 0.355 e. The molecule has 1 rings (SSSR count). The zero-order chi connectivity index (χ0) is 65.8. The Hall–Kier alpha value is -1.49. The second kappa shape index (κ2) is 57.3. The van der Waals surface area contributed by atoms with E-state index in [1.165, 1.54) is 6.42 Å². The van der Waals surface area contributed by atoms with E-state index in [2.05, 4.69) is 112 Å². The van der Waals surface area contributed by atoms with Gasteiger partial charge in [0, 0.05) is 65.9 Å². The average molecular weight is 1260 g/mol. The van der Waals surface area contributed by atoms with Gasteiger partial charge in [-0.05, 0) is 90.3 Å². The predicted molar refractivity (Wildman–Crippen MR) is 352 cm³/mol. The van der Waals surface area contributed by atoms with Crippen LogP contribution in [0.5, 0.6) is 0 Å². The first kappa shape index (κ1) is 102. The van der Waals surface area contributed by atoms with Crippen LogP contribution in [0.1, 0.15) is 234 Å². The van der Waals surface area contributed by atoms with Gasteiger partial charge in [0.15, 0.2) is 42.4 Å². The van der Waals surface area contributed by atoms with E-state index >= 15 is 0 Å². The number of Topliss-reactive ketones (excluding diaryl/α,β-unsaturated/α-hetero) is 3. The molecule has 1 aliphatic rings. The molecule has 1 aliphatic heterocycles. The van der Waals surface area contributed by atoms with Crippen LogP contribution in [-0.2, 0) is 62.1 Å². The molecular formula is C65H128O13P2STi. The van der Waals surface area contributed by atoms with Crippen LogP contribution in [0.25, 0.3) is 0 Å². The molecule has 82 heavy (non-hydrogen) atoms. The molecule has 0 radical (unpaired) electrons. The Labute approximate surface area is 531 Å². The van der Waals surface area contributed by atoms with Crippen molar-refractivity contribution in [3.8, 4) is 41.4 Å². The van der Waals surface area contributed by atoms with Crippen molar-refractivity contribution < 1.29 is 86.4 Å². The predicted octanol–water partition coefficient (Wildman–Crippen LogP) is 12.4. The molecule has 8 N–H and O–H groups in total. The van der Waals surface area contributed by atoms with Crippen LogP contribution in [-0.4, -0.2) is 124 Å². The number of hydrogen-bond donors (Lipinski definition) is 6. The van der Waals surface area contributed by atoms with E-state index in [1.807, 2.05) is 117 Å². The number of ketones is 3. The van der Waals surface area contributed by atoms with Crippen molar-refractivity contribution in [2.75, 3.05) is 26.4 Å². The van der Waals surface area contributed by atoms with Gasteiger partial charge in [-0.3, -0.25) is 20.3 Å². The van der Waals surface area contributed by atoms with Gasteiger partial charge in [-0.15, -0.1) is 5.92 Å². The molecule has 0 aromatic heterocycles. The summed E-state index contributed by atoms with van der Waals surface area (Å²) in [6.07, 6.45) is 5.50. The first-order valence-electron chi connectivity index (χ1n) is 28.5. The van der Waals surface area contributed by atoms with Crippen LogP contribution < -0.4 is 0 Å². The Morgan fingerprint density at radius 2 is 0.939 bits per heavy atom. The van der Waals surface area contributed by atoms with Crippen LogP contribution in [0.2, 0.25) is 0 Å². The summed E-state index contributed by atoms with van der Waals surface area (Å²) in [6, 6.07) is 0. The van der Waals surface area contributed by atoms with Crippen molar-refractivity contribution in [2.45, 2.75) is 277 Å². The monoisotopic (exact) mass is 1260 g/mol. The second-order valence-electron chi connectivity index (χ2n) is 25.4. The Balaban J connectivity index is -0.0000000838. The molecule has 17 heteroatoms. The quantitative estimate of drug-likeness (QED) is 0.0437. The van der Waals surface area contributed by atoms with E-state index in [0.29, 0.717) is 26.4 Å². The number of carbonyl (C=O) groups is 3. The fraction of sp³-hybridized carbons (Fsp3) is 0.831. The fourth-order valence-corrected chi connectivity index (χ4v) is 5.46. The molecule has 486 valence electrons. The molecule has 0 spiro atoms. The SMILES string of the molecule is C.CC1OC(C(=O)[C@H](C)C(C)(C)C)C(C(C)(C)C)O1.CCC.CCCO.CCCO.CCCO.CCOC(C(O)C(=O)[C@H](C)C(C)(C)C)C(C)(C)C.C[C@@H](C(=O)C(O)C(O)C(C)(C)C)C(C)(C)C.O.[3H][P+](P)=S.[C-]#CC#CC#CC#CC.[Ti]. The Bertz CT molecular complexity index is 1820. The minimum absolute atomic E-state index is 0. The van der Waals surface area contributed by atoms with E-state index in [4.69, 9.17) is 37.2 Å². The Morgan fingerprint density at radius 3 is 1.18 bits per heavy atom. The maximum atomic E-state index is 12.6. The van der Waals surface area contributed by atoms with Gasteiger partial charge in [-0.1, -0.05) is 200 Å². The van der Waals surface area contributed by atoms with Gasteiger partial charge in [-0.25, -0.2) is 5.92 Å². The molecule has 9 unspecified atom stereocenters. The minimum atomic E-state index is -1.30. The topological polar surface area (TPSA) is 232 Å². The van der Waals surface area contributed by atoms with E-state index in [0.717, 1.165) is 19.3 Å². The summed E-state index contributed by atoms with van der Waals surface area (Å²) in [5.74, 6) is 15.7. The van der Waals surface area contributed by atoms with Crippen molar-refractivity contribution >= 4 is 45.1 Å². The van der Waals surface area contributed by atoms with Crippen molar-refractivity contribution in [1.29, 1.82) is 1.28 Å². The average Bonchev–Trinajstić information content (AvgIpc) is 3.75. The largest absolute Gasteiger partial charge is 0.412 e. The number of rotatable bonds is 13. The number of aliphatic hydroxyl groups is 6. The Morgan fingerprint density at radius 1 is 0.634 bits per heavy atom. The van der Waals surface area contributed by atoms with Gasteiger partial charge < -0.3 is 56.7 Å². The van der Waals surface area contributed by atoms with Gasteiger partial charge in [0.05, 0.1) is 27.2 Å². The van der Waals surface area contributed by atoms with Crippen LogP contribution in [0.3, 0.4) is 0 Å². The smallest absolute Gasteiger partial charge is 0.355 e. The molecule has 0 aromatic rings. The van der Waals surface area contributed by atoms with E-state index < -0.39 is 42.9 Å². The molecule has 0 amide bonds. The number of aliphatic hydroxyl groups excluding tert-OH is 6. The summed E-state index contributed by atoms with van der Waals surface area (Å²) < 4.78 is 23.5. The van der Waals surface area contributed by atoms with Gasteiger partial charge in [0.1, 0.15) is 18.3 Å². The summed E-state index contributed by atoms with van der Waals surface area (Å²) in [5, 5.41) is 53.7. The second-order valence-corrected chi connectivity index (χ2v) is 28.2. The summed E-state index contributed by atoms with van der Waals surface area (Å²) in [6.45, 7) is 57.4. The zero-order valence-corrected chi connectivity index (χ0v) is 60.9. The molecule has 1 heterocycles. The summed E-state index contributed by atoms with van der Waals surface area (Å²) >= 11 is 4.31. The molecule has 0 aromatic carbocycles. The molecule has 0 bridgehead atoms. The van der Waals surface area contributed by atoms with E-state index in [-0.39, 0.29) is 109 Å². The summed E-state index contributed by atoms with van der Waals surface area (Å²) in [7, 11) is 2.20. The van der Waals surface area contributed by atoms with Gasteiger partial charge >= 0.3 is 1.28 Å². The third-order valence-electron chi connectivity index (χ3n) is 11.6. The molecule has 13 nitrogen and oxygen atoms in total. The first-order chi connectivity index (χ1) is 36.1. The van der Waals surface area contributed by atoms with Crippen molar-refractivity contribution in [3.05, 3.63) is 6.42 Å². The molecule has 0 aliphatic carbocycles. The first-order valence-corrected chi connectivity index (χ1v) is 31.5. The molecular weight excluding hydrogens is 1130 g/mol. The fourth-order valence-electron chi connectivity index (χ4n) is 5.46. The molecule has 1 saturated heterocycles. The van der Waals surface area contributed by atoms with Gasteiger partial charge in [0.2, 0.25) is 0 Å². The number of ether oxygens (including phenoxy) is 3. The van der Waals surface area contributed by atoms with Crippen LogP contribution in [0.15, 0.2) is 0 Å². The normalized spacial score (nSPS) is 16.9. The molecule has 1 fully saturated rings. The van der Waals surface area contributed by atoms with Gasteiger partial charge in [-0.2, -0.15) is 0 Å². The molecule has 0 saturated carbocycles. The minimum Gasteiger partial charge on any atom is -0.412 e. The van der Waals surface area contributed by atoms with E-state index in [1.54, 1.807) is 34.6 Å². The van der Waals surface area contributed by atoms with Crippen LogP contribution in [0.4, 0.5) is 0 Å². The molecule has 12 atom stereocenters. The number of hydrogen-bond acceptors (Lipinski definition) is 13. The van der Waals surface area contributed by atoms with Crippen molar-refractivity contribution in [2.24, 2.45) is 50.2 Å². The van der Waals surface area contributed by atoms with Crippen LogP contribution >= 0.6 is 15.9 Å². The van der Waals surface area contributed by atoms with Crippen LogP contribution in [0, 0.1) is 98.1 Å². The van der Waals surface area contributed by atoms with Gasteiger partial charge in [0.25, 0.3) is 0 Å². The third-order valence-corrected chi connectivity index (χ3v) is 11.6. The standard InChI is InChI=1S/C15H28O3.C15H30O3.C13H26O3.C9H3.3C3H8O.C3H8.CH4.H2O.H2P2S.Ti/c1-9(14(3,4)5)11(16)12-13(15(6,7)8)18-10(2)17-12;1-9-18-13(15(6,7)8)12(17)11(16)10(2)14(3,4)5;1-8(12(2,3)4)9(14)10(15)11(16)13(5,6)7;1-3-5-7-9-8-6-4-2;3*1-2-3-4;1-3-2;;;1-2-3;/h9-10,12-13H,1-8H3;10,12-13,17H,9H2,1-8H3;8,10-11,15-16H,1-7H3;1H3;3*4H,2-3H2,1H3;3H2,1-2H3;1H4;1H2;1H2;/q;;;-1;;;;;;;;/p+1/t9-,10?,12?,13?;10-,12?,13?;8-,10?,11?;;;;;;;;;/m000........./s1/i/hT. The van der Waals surface area contributed by atoms with Crippen molar-refractivity contribution in [3.63, 3.8) is 0 Å². The summed E-state index contributed by atoms with van der Waals surface area (Å²) in [5.41, 5.74) is -1.24. The maximum absolute atomic E-state index is 12.6. The number of carbonyl (C=O) groups excluding carboxylic acids is 3. The summed E-state index contributed by atoms with van der Waals surface area (Å²) in [4.78, 5) is 36.9. The zero-order valence-electron chi connectivity index (χ0n) is 57.5. The Kier molecular flexibility index (Phi) is 71.5. The van der Waals surface area contributed by atoms with E-state index in [9.17, 15) is 29.7 Å².